The van der Waals surface area contributed by atoms with Gasteiger partial charge in [-0.15, -0.1) is 0 Å². The SMILES string of the molecule is NS(=O)(=O)c1ccc(NC(=O)COC(=O)[C@@H]2C[C@@H](O)CN2S(=O)(=O)c2ccc3c(c2)OCCO3)cc1. The van der Waals surface area contributed by atoms with E-state index in [-0.39, 0.29) is 40.8 Å². The van der Waals surface area contributed by atoms with Crippen LogP contribution < -0.4 is 19.9 Å². The maximum Gasteiger partial charge on any atom is 0.325 e. The Hall–Kier alpha value is -3.24. The summed E-state index contributed by atoms with van der Waals surface area (Å²) >= 11 is 0. The van der Waals surface area contributed by atoms with Crippen molar-refractivity contribution < 1.29 is 45.7 Å². The zero-order chi connectivity index (χ0) is 26.1. The van der Waals surface area contributed by atoms with Gasteiger partial charge in [-0.05, 0) is 36.4 Å². The molecule has 0 bridgehead atoms. The van der Waals surface area contributed by atoms with Crippen molar-refractivity contribution in [2.45, 2.75) is 28.4 Å². The first-order chi connectivity index (χ1) is 16.9. The highest BCUT2D eigenvalue weighted by atomic mass is 32.2. The van der Waals surface area contributed by atoms with Crippen LogP contribution in [0.15, 0.2) is 52.3 Å². The lowest BCUT2D eigenvalue weighted by Gasteiger charge is -2.24. The van der Waals surface area contributed by atoms with Crippen LogP contribution in [0.5, 0.6) is 11.5 Å². The molecule has 0 aromatic heterocycles. The Morgan fingerprint density at radius 1 is 1.03 bits per heavy atom. The van der Waals surface area contributed by atoms with Crippen molar-refractivity contribution >= 4 is 37.6 Å². The number of primary sulfonamides is 1. The van der Waals surface area contributed by atoms with Gasteiger partial charge in [0.1, 0.15) is 19.3 Å². The minimum absolute atomic E-state index is 0.147. The summed E-state index contributed by atoms with van der Waals surface area (Å²) in [5, 5.41) is 17.5. The molecular weight excluding hydrogens is 518 g/mol. The summed E-state index contributed by atoms with van der Waals surface area (Å²) < 4.78 is 65.7. The Morgan fingerprint density at radius 3 is 2.33 bits per heavy atom. The van der Waals surface area contributed by atoms with Crippen molar-refractivity contribution in [3.05, 3.63) is 42.5 Å². The number of ether oxygens (including phenoxy) is 3. The molecule has 0 radical (unpaired) electrons. The van der Waals surface area contributed by atoms with Gasteiger partial charge in [0, 0.05) is 24.7 Å². The Labute approximate surface area is 206 Å². The maximum atomic E-state index is 13.2. The van der Waals surface area contributed by atoms with Crippen molar-refractivity contribution in [3.63, 3.8) is 0 Å². The number of hydrogen-bond acceptors (Lipinski definition) is 10. The molecule has 4 N–H and O–H groups in total. The summed E-state index contributed by atoms with van der Waals surface area (Å²) in [7, 11) is -8.12. The monoisotopic (exact) mass is 541 g/mol. The predicted octanol–water partition coefficient (Wildman–Crippen LogP) is -0.589. The number of β-amino-alcohol motifs (C(OH)–C–C–N with tert-alkyl or cyclic N) is 1. The molecule has 1 fully saturated rings. The Bertz CT molecular complexity index is 1380. The summed E-state index contributed by atoms with van der Waals surface area (Å²) in [4.78, 5) is 24.6. The van der Waals surface area contributed by atoms with E-state index in [4.69, 9.17) is 19.3 Å². The van der Waals surface area contributed by atoms with Crippen molar-refractivity contribution in [1.82, 2.24) is 4.31 Å². The molecule has 2 heterocycles. The molecule has 2 aromatic carbocycles. The van der Waals surface area contributed by atoms with Gasteiger partial charge in [0.25, 0.3) is 5.91 Å². The highest BCUT2D eigenvalue weighted by molar-refractivity contribution is 7.89. The van der Waals surface area contributed by atoms with E-state index < -0.39 is 50.7 Å². The quantitative estimate of drug-likeness (QED) is 0.382. The van der Waals surface area contributed by atoms with Gasteiger partial charge in [-0.3, -0.25) is 9.59 Å². The smallest absolute Gasteiger partial charge is 0.325 e. The Morgan fingerprint density at radius 2 is 1.67 bits per heavy atom. The van der Waals surface area contributed by atoms with Gasteiger partial charge in [0.05, 0.1) is 15.9 Å². The van der Waals surface area contributed by atoms with E-state index >= 15 is 0 Å². The lowest BCUT2D eigenvalue weighted by Crippen LogP contribution is -2.42. The van der Waals surface area contributed by atoms with Gasteiger partial charge in [-0.1, -0.05) is 0 Å². The highest BCUT2D eigenvalue weighted by Crippen LogP contribution is 2.35. The number of benzene rings is 2. The summed E-state index contributed by atoms with van der Waals surface area (Å²) in [6, 6.07) is 7.68. The van der Waals surface area contributed by atoms with Crippen LogP contribution in [-0.4, -0.2) is 76.6 Å². The van der Waals surface area contributed by atoms with Crippen LogP contribution in [0.2, 0.25) is 0 Å². The summed E-state index contributed by atoms with van der Waals surface area (Å²) in [6.07, 6.45) is -1.32. The molecule has 1 amide bonds. The molecule has 0 aliphatic carbocycles. The second-order valence-electron chi connectivity index (χ2n) is 8.01. The van der Waals surface area contributed by atoms with E-state index in [2.05, 4.69) is 5.32 Å². The highest BCUT2D eigenvalue weighted by Gasteiger charge is 2.44. The van der Waals surface area contributed by atoms with E-state index in [0.717, 1.165) is 4.31 Å². The van der Waals surface area contributed by atoms with E-state index in [1.165, 1.54) is 42.5 Å². The van der Waals surface area contributed by atoms with Crippen LogP contribution >= 0.6 is 0 Å². The number of nitrogens with two attached hydrogens (primary N) is 1. The van der Waals surface area contributed by atoms with E-state index in [1.807, 2.05) is 0 Å². The molecule has 1 saturated heterocycles. The van der Waals surface area contributed by atoms with Crippen molar-refractivity contribution in [2.24, 2.45) is 5.14 Å². The molecule has 4 rings (SSSR count). The Kier molecular flexibility index (Phi) is 7.19. The fraction of sp³-hybridized carbons (Fsp3) is 0.333. The molecule has 0 saturated carbocycles. The number of aliphatic hydroxyl groups is 1. The van der Waals surface area contributed by atoms with E-state index in [1.54, 1.807) is 0 Å². The first kappa shape index (κ1) is 25.8. The minimum atomic E-state index is -4.23. The number of fused-ring (bicyclic) bond motifs is 1. The molecule has 13 nitrogen and oxygen atoms in total. The maximum absolute atomic E-state index is 13.2. The number of sulfonamides is 2. The fourth-order valence-electron chi connectivity index (χ4n) is 3.74. The molecule has 36 heavy (non-hydrogen) atoms. The number of anilines is 1. The molecule has 2 aliphatic rings. The molecule has 2 atom stereocenters. The number of carbonyl (C=O) groups excluding carboxylic acids is 2. The second kappa shape index (κ2) is 10.0. The number of hydrogen-bond donors (Lipinski definition) is 3. The van der Waals surface area contributed by atoms with Gasteiger partial charge in [-0.2, -0.15) is 4.31 Å². The minimum Gasteiger partial charge on any atom is -0.486 e. The molecule has 15 heteroatoms. The van der Waals surface area contributed by atoms with Gasteiger partial charge in [0.15, 0.2) is 18.1 Å². The van der Waals surface area contributed by atoms with Crippen molar-refractivity contribution in [2.75, 3.05) is 31.7 Å². The van der Waals surface area contributed by atoms with E-state index in [9.17, 15) is 31.5 Å². The fourth-order valence-corrected chi connectivity index (χ4v) is 5.90. The topological polar surface area (TPSA) is 192 Å². The standard InChI is InChI=1S/C21H23N3O10S2/c22-35(28,29)15-3-1-13(2-4-15)23-20(26)12-34-21(27)17-9-14(25)11-24(17)36(30,31)16-5-6-18-19(10-16)33-8-7-32-18/h1-6,10,14,17,25H,7-9,11-12H2,(H,23,26)(H2,22,28,29)/t14-,17+/m1/s1. The second-order valence-corrected chi connectivity index (χ2v) is 11.5. The molecule has 0 unspecified atom stereocenters. The van der Waals surface area contributed by atoms with Crippen molar-refractivity contribution in [3.8, 4) is 11.5 Å². The summed E-state index contributed by atoms with van der Waals surface area (Å²) in [5.74, 6) is -1.11. The van der Waals surface area contributed by atoms with Gasteiger partial charge in [0.2, 0.25) is 20.0 Å². The van der Waals surface area contributed by atoms with Crippen LogP contribution in [0, 0.1) is 0 Å². The van der Waals surface area contributed by atoms with Crippen molar-refractivity contribution in [1.29, 1.82) is 0 Å². The lowest BCUT2D eigenvalue weighted by molar-refractivity contribution is -0.150. The van der Waals surface area contributed by atoms with Crippen LogP contribution in [0.25, 0.3) is 0 Å². The first-order valence-corrected chi connectivity index (χ1v) is 13.6. The molecule has 2 aromatic rings. The average Bonchev–Trinajstić information content (AvgIpc) is 3.24. The summed E-state index contributed by atoms with van der Waals surface area (Å²) in [5.41, 5.74) is 0.225. The normalized spacial score (nSPS) is 20.1. The third kappa shape index (κ3) is 5.60. The van der Waals surface area contributed by atoms with Gasteiger partial charge < -0.3 is 24.6 Å². The van der Waals surface area contributed by atoms with Gasteiger partial charge >= 0.3 is 5.97 Å². The number of aliphatic hydroxyl groups excluding tert-OH is 1. The number of esters is 1. The van der Waals surface area contributed by atoms with E-state index in [0.29, 0.717) is 12.4 Å². The third-order valence-corrected chi connectivity index (χ3v) is 8.24. The van der Waals surface area contributed by atoms with Gasteiger partial charge in [-0.25, -0.2) is 22.0 Å². The number of amides is 1. The number of rotatable bonds is 7. The third-order valence-electron chi connectivity index (χ3n) is 5.44. The average molecular weight is 542 g/mol. The Balaban J connectivity index is 1.41. The first-order valence-electron chi connectivity index (χ1n) is 10.6. The molecule has 0 spiro atoms. The van der Waals surface area contributed by atoms with Crippen LogP contribution in [0.3, 0.4) is 0 Å². The number of nitrogens with zero attached hydrogens (tertiary/aromatic N) is 1. The number of carbonyl (C=O) groups is 2. The summed E-state index contributed by atoms with van der Waals surface area (Å²) in [6.45, 7) is -0.481. The van der Waals surface area contributed by atoms with Crippen LogP contribution in [-0.2, 0) is 34.4 Å². The molecular formula is C21H23N3O10S2. The van der Waals surface area contributed by atoms with Crippen LogP contribution in [0.4, 0.5) is 5.69 Å². The predicted molar refractivity (Wildman–Crippen MR) is 123 cm³/mol. The number of nitrogens with one attached hydrogen (secondary N) is 1. The molecule has 194 valence electrons. The zero-order valence-electron chi connectivity index (χ0n) is 18.7. The molecule has 2 aliphatic heterocycles. The van der Waals surface area contributed by atoms with Crippen LogP contribution in [0.1, 0.15) is 6.42 Å². The lowest BCUT2D eigenvalue weighted by atomic mass is 10.2. The zero-order valence-corrected chi connectivity index (χ0v) is 20.3. The largest absolute Gasteiger partial charge is 0.486 e.